The Balaban J connectivity index is 1.58. The van der Waals surface area contributed by atoms with Crippen LogP contribution < -0.4 is 11.1 Å². The fourth-order valence-electron chi connectivity index (χ4n) is 2.90. The van der Waals surface area contributed by atoms with Gasteiger partial charge in [0.2, 0.25) is 5.91 Å². The quantitative estimate of drug-likeness (QED) is 0.891. The van der Waals surface area contributed by atoms with Gasteiger partial charge in [0.05, 0.1) is 5.92 Å². The zero-order chi connectivity index (χ0) is 16.4. The van der Waals surface area contributed by atoms with Gasteiger partial charge >= 0.3 is 0 Å². The van der Waals surface area contributed by atoms with Crippen LogP contribution in [0, 0.1) is 11.7 Å². The molecule has 4 heteroatoms. The van der Waals surface area contributed by atoms with E-state index in [-0.39, 0.29) is 35.6 Å². The first-order valence-electron chi connectivity index (χ1n) is 7.92. The third kappa shape index (κ3) is 3.59. The van der Waals surface area contributed by atoms with E-state index >= 15 is 0 Å². The SMILES string of the molecule is CC(C(=O)NC1CC1c1cccc(F)c1)C(N)c1ccccc1. The number of rotatable bonds is 5. The van der Waals surface area contributed by atoms with Crippen LogP contribution in [0.15, 0.2) is 54.6 Å². The van der Waals surface area contributed by atoms with Crippen molar-refractivity contribution < 1.29 is 9.18 Å². The molecule has 2 aromatic carbocycles. The molecular formula is C19H21FN2O. The smallest absolute Gasteiger partial charge is 0.224 e. The largest absolute Gasteiger partial charge is 0.352 e. The first-order valence-corrected chi connectivity index (χ1v) is 7.92. The molecule has 0 bridgehead atoms. The highest BCUT2D eigenvalue weighted by atomic mass is 19.1. The maximum absolute atomic E-state index is 13.3. The summed E-state index contributed by atoms with van der Waals surface area (Å²) < 4.78 is 13.3. The minimum Gasteiger partial charge on any atom is -0.352 e. The predicted octanol–water partition coefficient (Wildman–Crippen LogP) is 3.13. The summed E-state index contributed by atoms with van der Waals surface area (Å²) in [7, 11) is 0. The van der Waals surface area contributed by atoms with Crippen molar-refractivity contribution in [3.8, 4) is 0 Å². The number of hydrogen-bond acceptors (Lipinski definition) is 2. The molecule has 0 aromatic heterocycles. The first-order chi connectivity index (χ1) is 11.1. The van der Waals surface area contributed by atoms with Gasteiger partial charge in [-0.05, 0) is 29.7 Å². The Kier molecular flexibility index (Phi) is 4.44. The summed E-state index contributed by atoms with van der Waals surface area (Å²) >= 11 is 0. The number of benzene rings is 2. The van der Waals surface area contributed by atoms with Gasteiger partial charge in [-0.25, -0.2) is 4.39 Å². The Labute approximate surface area is 135 Å². The molecule has 1 amide bonds. The van der Waals surface area contributed by atoms with Gasteiger partial charge < -0.3 is 11.1 Å². The number of halogens is 1. The van der Waals surface area contributed by atoms with E-state index in [2.05, 4.69) is 5.32 Å². The Bertz CT molecular complexity index is 689. The van der Waals surface area contributed by atoms with Crippen molar-refractivity contribution in [3.05, 3.63) is 71.5 Å². The van der Waals surface area contributed by atoms with Crippen molar-refractivity contribution in [2.24, 2.45) is 11.7 Å². The van der Waals surface area contributed by atoms with Crippen molar-refractivity contribution >= 4 is 5.91 Å². The predicted molar refractivity (Wildman–Crippen MR) is 88.2 cm³/mol. The highest BCUT2D eigenvalue weighted by Gasteiger charge is 2.40. The molecule has 0 spiro atoms. The molecule has 1 aliphatic rings. The molecule has 0 radical (unpaired) electrons. The van der Waals surface area contributed by atoms with E-state index in [1.807, 2.05) is 43.3 Å². The van der Waals surface area contributed by atoms with Gasteiger partial charge in [0, 0.05) is 18.0 Å². The van der Waals surface area contributed by atoms with E-state index in [0.29, 0.717) is 0 Å². The van der Waals surface area contributed by atoms with Crippen molar-refractivity contribution in [1.29, 1.82) is 0 Å². The third-order valence-electron chi connectivity index (χ3n) is 4.53. The second kappa shape index (κ2) is 6.50. The Hall–Kier alpha value is -2.20. The lowest BCUT2D eigenvalue weighted by molar-refractivity contribution is -0.125. The number of amides is 1. The van der Waals surface area contributed by atoms with Gasteiger partial charge in [0.15, 0.2) is 0 Å². The van der Waals surface area contributed by atoms with Gasteiger partial charge in [0.1, 0.15) is 5.82 Å². The third-order valence-corrected chi connectivity index (χ3v) is 4.53. The molecule has 3 nitrogen and oxygen atoms in total. The van der Waals surface area contributed by atoms with Crippen LogP contribution in [0.4, 0.5) is 4.39 Å². The van der Waals surface area contributed by atoms with Crippen LogP contribution in [-0.2, 0) is 4.79 Å². The fourth-order valence-corrected chi connectivity index (χ4v) is 2.90. The molecule has 1 fully saturated rings. The molecule has 4 unspecified atom stereocenters. The molecule has 1 aliphatic carbocycles. The van der Waals surface area contributed by atoms with Gasteiger partial charge in [-0.1, -0.05) is 49.4 Å². The van der Waals surface area contributed by atoms with Crippen LogP contribution in [0.5, 0.6) is 0 Å². The van der Waals surface area contributed by atoms with Gasteiger partial charge in [-0.2, -0.15) is 0 Å². The van der Waals surface area contributed by atoms with Crippen LogP contribution in [-0.4, -0.2) is 11.9 Å². The molecule has 0 saturated heterocycles. The summed E-state index contributed by atoms with van der Waals surface area (Å²) in [5.41, 5.74) is 8.08. The Morgan fingerprint density at radius 2 is 1.96 bits per heavy atom. The second-order valence-electron chi connectivity index (χ2n) is 6.24. The molecule has 1 saturated carbocycles. The molecule has 4 atom stereocenters. The number of hydrogen-bond donors (Lipinski definition) is 2. The van der Waals surface area contributed by atoms with Gasteiger partial charge in [-0.15, -0.1) is 0 Å². The topological polar surface area (TPSA) is 55.1 Å². The summed E-state index contributed by atoms with van der Waals surface area (Å²) in [5.74, 6) is -0.398. The van der Waals surface area contributed by atoms with Crippen LogP contribution in [0.2, 0.25) is 0 Å². The number of nitrogens with one attached hydrogen (secondary N) is 1. The summed E-state index contributed by atoms with van der Waals surface area (Å²) in [4.78, 5) is 12.4. The molecule has 0 heterocycles. The molecule has 3 rings (SSSR count). The van der Waals surface area contributed by atoms with Crippen molar-refractivity contribution in [1.82, 2.24) is 5.32 Å². The summed E-state index contributed by atoms with van der Waals surface area (Å²) in [6.45, 7) is 1.84. The molecule has 2 aromatic rings. The number of nitrogens with two attached hydrogens (primary N) is 1. The molecule has 120 valence electrons. The lowest BCUT2D eigenvalue weighted by Crippen LogP contribution is -2.37. The second-order valence-corrected chi connectivity index (χ2v) is 6.24. The molecular weight excluding hydrogens is 291 g/mol. The van der Waals surface area contributed by atoms with E-state index < -0.39 is 0 Å². The van der Waals surface area contributed by atoms with Gasteiger partial charge in [0.25, 0.3) is 0 Å². The van der Waals surface area contributed by atoms with Crippen LogP contribution in [0.3, 0.4) is 0 Å². The fraction of sp³-hybridized carbons (Fsp3) is 0.316. The van der Waals surface area contributed by atoms with E-state index in [0.717, 1.165) is 17.5 Å². The van der Waals surface area contributed by atoms with Crippen LogP contribution in [0.1, 0.15) is 36.4 Å². The molecule has 3 N–H and O–H groups in total. The van der Waals surface area contributed by atoms with Gasteiger partial charge in [-0.3, -0.25) is 4.79 Å². The van der Waals surface area contributed by atoms with Crippen molar-refractivity contribution in [2.75, 3.05) is 0 Å². The lowest BCUT2D eigenvalue weighted by Gasteiger charge is -2.20. The maximum Gasteiger partial charge on any atom is 0.224 e. The van der Waals surface area contributed by atoms with E-state index in [9.17, 15) is 9.18 Å². The summed E-state index contributed by atoms with van der Waals surface area (Å²) in [6, 6.07) is 15.9. The first kappa shape index (κ1) is 15.7. The summed E-state index contributed by atoms with van der Waals surface area (Å²) in [5, 5.41) is 3.03. The zero-order valence-electron chi connectivity index (χ0n) is 13.1. The minimum atomic E-state index is -0.331. The van der Waals surface area contributed by atoms with E-state index in [1.165, 1.54) is 12.1 Å². The average Bonchev–Trinajstić information content (AvgIpc) is 3.33. The number of carbonyl (C=O) groups is 1. The molecule has 23 heavy (non-hydrogen) atoms. The maximum atomic E-state index is 13.3. The zero-order valence-corrected chi connectivity index (χ0v) is 13.1. The van der Waals surface area contributed by atoms with Crippen molar-refractivity contribution in [2.45, 2.75) is 31.3 Å². The normalized spacial score (nSPS) is 22.2. The standard InChI is InChI=1S/C19H21FN2O/c1-12(18(21)13-6-3-2-4-7-13)19(23)22-17-11-16(17)14-8-5-9-15(20)10-14/h2-10,12,16-18H,11,21H2,1H3,(H,22,23). The molecule has 0 aliphatic heterocycles. The van der Waals surface area contributed by atoms with Crippen LogP contribution >= 0.6 is 0 Å². The Morgan fingerprint density at radius 1 is 1.22 bits per heavy atom. The van der Waals surface area contributed by atoms with Crippen LogP contribution in [0.25, 0.3) is 0 Å². The average molecular weight is 312 g/mol. The van der Waals surface area contributed by atoms with E-state index in [1.54, 1.807) is 6.07 Å². The number of carbonyl (C=O) groups excluding carboxylic acids is 1. The highest BCUT2D eigenvalue weighted by Crippen LogP contribution is 2.41. The van der Waals surface area contributed by atoms with E-state index in [4.69, 9.17) is 5.73 Å². The van der Waals surface area contributed by atoms with Crippen molar-refractivity contribution in [3.63, 3.8) is 0 Å². The minimum absolute atomic E-state index is 0.0507. The lowest BCUT2D eigenvalue weighted by atomic mass is 9.94. The Morgan fingerprint density at radius 3 is 2.65 bits per heavy atom. The summed E-state index contributed by atoms with van der Waals surface area (Å²) in [6.07, 6.45) is 0.850. The monoisotopic (exact) mass is 312 g/mol. The highest BCUT2D eigenvalue weighted by molar-refractivity contribution is 5.80.